The molecule has 1 aromatic carbocycles. The van der Waals surface area contributed by atoms with Gasteiger partial charge in [0.05, 0.1) is 17.4 Å². The van der Waals surface area contributed by atoms with E-state index < -0.39 is 0 Å². The number of fused-ring (bicyclic) bond motifs is 2. The van der Waals surface area contributed by atoms with Crippen molar-refractivity contribution in [3.8, 4) is 23.0 Å². The van der Waals surface area contributed by atoms with Crippen LogP contribution in [0.3, 0.4) is 0 Å². The minimum Gasteiger partial charge on any atom is -0.341 e. The van der Waals surface area contributed by atoms with Crippen molar-refractivity contribution >= 4 is 39.7 Å². The summed E-state index contributed by atoms with van der Waals surface area (Å²) in [4.78, 5) is 46.1. The third-order valence-corrected chi connectivity index (χ3v) is 7.73. The average Bonchev–Trinajstić information content (AvgIpc) is 3.50. The van der Waals surface area contributed by atoms with Crippen molar-refractivity contribution in [2.45, 2.75) is 25.4 Å². The van der Waals surface area contributed by atoms with Gasteiger partial charge in [0.1, 0.15) is 24.2 Å². The SMILES string of the molecule is CN(C)CC#Cc1ncnc2c1c(-c1ccccc1Cl)cn2CC(=O)N1CCC(n2c(=O)[nH]c3ncccc32)CC1. The van der Waals surface area contributed by atoms with Crippen LogP contribution in [-0.4, -0.2) is 78.5 Å². The van der Waals surface area contributed by atoms with E-state index in [0.717, 1.165) is 22.0 Å². The van der Waals surface area contributed by atoms with Gasteiger partial charge >= 0.3 is 5.69 Å². The molecule has 4 aromatic heterocycles. The number of hydrogen-bond acceptors (Lipinski definition) is 6. The molecule has 1 saturated heterocycles. The lowest BCUT2D eigenvalue weighted by molar-refractivity contribution is -0.133. The van der Waals surface area contributed by atoms with E-state index in [9.17, 15) is 9.59 Å². The number of halogens is 1. The third kappa shape index (κ3) is 5.22. The molecular weight excluding hydrogens is 540 g/mol. The van der Waals surface area contributed by atoms with Crippen molar-refractivity contribution in [3.05, 3.63) is 76.3 Å². The van der Waals surface area contributed by atoms with Crippen LogP contribution < -0.4 is 5.69 Å². The standard InChI is InChI=1S/C30H29ClN8O2/c1-36(2)14-6-9-24-27-22(21-7-3-4-8-23(21)31)17-38(29(27)34-19-33-24)18-26(40)37-15-11-20(12-16-37)39-25-10-5-13-32-28(25)35-30(39)41/h3-5,7-8,10,13,17,19-20H,11-12,14-16,18H2,1-2H3,(H,32,35,41). The Labute approximate surface area is 241 Å². The lowest BCUT2D eigenvalue weighted by Gasteiger charge is -2.32. The highest BCUT2D eigenvalue weighted by atomic mass is 35.5. The van der Waals surface area contributed by atoms with Crippen LogP contribution >= 0.6 is 11.6 Å². The highest BCUT2D eigenvalue weighted by molar-refractivity contribution is 6.33. The first kappa shape index (κ1) is 26.7. The number of pyridine rings is 1. The number of imidazole rings is 1. The molecule has 10 nitrogen and oxygen atoms in total. The Morgan fingerprint density at radius 1 is 1.10 bits per heavy atom. The second-order valence-electron chi connectivity index (χ2n) is 10.4. The van der Waals surface area contributed by atoms with E-state index in [1.807, 2.05) is 71.1 Å². The Balaban J connectivity index is 1.27. The Hall–Kier alpha value is -4.46. The molecule has 208 valence electrons. The lowest BCUT2D eigenvalue weighted by atomic mass is 10.0. The smallest absolute Gasteiger partial charge is 0.327 e. The van der Waals surface area contributed by atoms with Crippen LogP contribution in [0.15, 0.2) is 59.9 Å². The van der Waals surface area contributed by atoms with Gasteiger partial charge in [0.25, 0.3) is 0 Å². The van der Waals surface area contributed by atoms with Crippen molar-refractivity contribution in [2.75, 3.05) is 33.7 Å². The van der Waals surface area contributed by atoms with Crippen LogP contribution in [0.5, 0.6) is 0 Å². The van der Waals surface area contributed by atoms with Gasteiger partial charge in [0.15, 0.2) is 5.65 Å². The maximum absolute atomic E-state index is 13.5. The molecule has 1 amide bonds. The number of hydrogen-bond donors (Lipinski definition) is 1. The molecule has 41 heavy (non-hydrogen) atoms. The largest absolute Gasteiger partial charge is 0.341 e. The fraction of sp³-hybridized carbons (Fsp3) is 0.300. The van der Waals surface area contributed by atoms with Gasteiger partial charge in [-0.05, 0) is 51.1 Å². The average molecular weight is 569 g/mol. The number of benzene rings is 1. The summed E-state index contributed by atoms with van der Waals surface area (Å²) < 4.78 is 3.63. The number of aromatic nitrogens is 6. The molecule has 0 spiro atoms. The maximum Gasteiger partial charge on any atom is 0.327 e. The number of nitrogens with zero attached hydrogens (tertiary/aromatic N) is 7. The molecular formula is C30H29ClN8O2. The fourth-order valence-electron chi connectivity index (χ4n) is 5.44. The Morgan fingerprint density at radius 2 is 1.90 bits per heavy atom. The topological polar surface area (TPSA) is 105 Å². The van der Waals surface area contributed by atoms with Crippen molar-refractivity contribution in [1.29, 1.82) is 0 Å². The van der Waals surface area contributed by atoms with Crippen LogP contribution in [0.25, 0.3) is 33.3 Å². The fourth-order valence-corrected chi connectivity index (χ4v) is 5.68. The van der Waals surface area contributed by atoms with Gasteiger partial charge in [0.2, 0.25) is 5.91 Å². The molecule has 1 aliphatic heterocycles. The van der Waals surface area contributed by atoms with Crippen molar-refractivity contribution in [2.24, 2.45) is 0 Å². The molecule has 1 N–H and O–H groups in total. The number of carbonyl (C=O) groups is 1. The van der Waals surface area contributed by atoms with Gasteiger partial charge in [-0.2, -0.15) is 0 Å². The van der Waals surface area contributed by atoms with Gasteiger partial charge < -0.3 is 9.47 Å². The third-order valence-electron chi connectivity index (χ3n) is 7.40. The summed E-state index contributed by atoms with van der Waals surface area (Å²) in [5.41, 5.74) is 4.09. The summed E-state index contributed by atoms with van der Waals surface area (Å²) in [6, 6.07) is 11.3. The quantitative estimate of drug-likeness (QED) is 0.325. The second kappa shape index (κ2) is 11.2. The van der Waals surface area contributed by atoms with Crippen LogP contribution in [0.4, 0.5) is 0 Å². The number of rotatable bonds is 5. The molecule has 0 radical (unpaired) electrons. The molecule has 0 atom stereocenters. The summed E-state index contributed by atoms with van der Waals surface area (Å²) in [6.45, 7) is 1.80. The van der Waals surface area contributed by atoms with Crippen LogP contribution in [-0.2, 0) is 11.3 Å². The minimum atomic E-state index is -0.168. The highest BCUT2D eigenvalue weighted by Crippen LogP contribution is 2.35. The molecule has 11 heteroatoms. The Morgan fingerprint density at radius 3 is 2.68 bits per heavy atom. The zero-order chi connectivity index (χ0) is 28.5. The monoisotopic (exact) mass is 568 g/mol. The summed E-state index contributed by atoms with van der Waals surface area (Å²) in [7, 11) is 3.92. The summed E-state index contributed by atoms with van der Waals surface area (Å²) in [5.74, 6) is 6.33. The predicted octanol–water partition coefficient (Wildman–Crippen LogP) is 3.57. The van der Waals surface area contributed by atoms with E-state index in [0.29, 0.717) is 54.5 Å². The van der Waals surface area contributed by atoms with Gasteiger partial charge in [-0.3, -0.25) is 19.2 Å². The zero-order valence-corrected chi connectivity index (χ0v) is 23.6. The summed E-state index contributed by atoms with van der Waals surface area (Å²) in [5, 5.41) is 1.37. The number of piperidine rings is 1. The van der Waals surface area contributed by atoms with Crippen LogP contribution in [0, 0.1) is 11.8 Å². The maximum atomic E-state index is 13.5. The van der Waals surface area contributed by atoms with Crippen molar-refractivity contribution in [3.63, 3.8) is 0 Å². The Kier molecular flexibility index (Phi) is 7.30. The number of carbonyl (C=O) groups excluding carboxylic acids is 1. The lowest BCUT2D eigenvalue weighted by Crippen LogP contribution is -2.41. The number of H-pyrrole nitrogens is 1. The first-order valence-electron chi connectivity index (χ1n) is 13.5. The number of aromatic amines is 1. The first-order valence-corrected chi connectivity index (χ1v) is 13.8. The minimum absolute atomic E-state index is 0.000210. The molecule has 6 rings (SSSR count). The van der Waals surface area contributed by atoms with Crippen molar-refractivity contribution < 1.29 is 4.79 Å². The Bertz CT molecular complexity index is 1870. The van der Waals surface area contributed by atoms with E-state index in [-0.39, 0.29) is 24.2 Å². The van der Waals surface area contributed by atoms with E-state index in [2.05, 4.69) is 31.8 Å². The number of amides is 1. The zero-order valence-electron chi connectivity index (χ0n) is 22.8. The van der Waals surface area contributed by atoms with E-state index in [1.165, 1.54) is 6.33 Å². The van der Waals surface area contributed by atoms with E-state index >= 15 is 0 Å². The van der Waals surface area contributed by atoms with E-state index in [4.69, 9.17) is 11.6 Å². The molecule has 0 unspecified atom stereocenters. The van der Waals surface area contributed by atoms with Gasteiger partial charge in [0, 0.05) is 47.7 Å². The van der Waals surface area contributed by atoms with Crippen LogP contribution in [0.2, 0.25) is 5.02 Å². The normalized spacial score (nSPS) is 14.1. The van der Waals surface area contributed by atoms with E-state index in [1.54, 1.807) is 10.8 Å². The molecule has 0 saturated carbocycles. The molecule has 1 aliphatic rings. The number of likely N-dealkylation sites (tertiary alicyclic amines) is 1. The highest BCUT2D eigenvalue weighted by Gasteiger charge is 2.27. The molecule has 5 heterocycles. The second-order valence-corrected chi connectivity index (χ2v) is 10.8. The summed E-state index contributed by atoms with van der Waals surface area (Å²) in [6.07, 6.45) is 6.42. The molecule has 5 aromatic rings. The molecule has 1 fully saturated rings. The van der Waals surface area contributed by atoms with Gasteiger partial charge in [-0.15, -0.1) is 0 Å². The molecule has 0 aliphatic carbocycles. The first-order chi connectivity index (χ1) is 19.9. The van der Waals surface area contributed by atoms with Crippen molar-refractivity contribution in [1.82, 2.24) is 38.9 Å². The summed E-state index contributed by atoms with van der Waals surface area (Å²) >= 11 is 6.60. The molecule has 0 bridgehead atoms. The van der Waals surface area contributed by atoms with Gasteiger partial charge in [-0.1, -0.05) is 35.7 Å². The van der Waals surface area contributed by atoms with Gasteiger partial charge in [-0.25, -0.2) is 19.7 Å². The predicted molar refractivity (Wildman–Crippen MR) is 159 cm³/mol. The van der Waals surface area contributed by atoms with Crippen LogP contribution in [0.1, 0.15) is 24.6 Å². The number of nitrogens with one attached hydrogen (secondary N) is 1.